The number of allylic oxidation sites excluding steroid dienone is 2. The highest BCUT2D eigenvalue weighted by molar-refractivity contribution is 5.84. The number of halogens is 1. The van der Waals surface area contributed by atoms with E-state index in [1.54, 1.807) is 55.7 Å². The molecule has 1 aliphatic heterocycles. The van der Waals surface area contributed by atoms with E-state index in [0.717, 1.165) is 5.56 Å². The number of hydrogen-bond acceptors (Lipinski definition) is 6. The first-order valence-electron chi connectivity index (χ1n) is 9.39. The molecule has 0 radical (unpaired) electrons. The highest BCUT2D eigenvalue weighted by atomic mass is 35.7. The Labute approximate surface area is 182 Å². The van der Waals surface area contributed by atoms with E-state index in [2.05, 4.69) is 0 Å². The van der Waals surface area contributed by atoms with Crippen molar-refractivity contribution in [1.29, 1.82) is 0 Å². The number of methoxy groups -OCH3 is 1. The predicted molar refractivity (Wildman–Crippen MR) is 106 cm³/mol. The van der Waals surface area contributed by atoms with Crippen molar-refractivity contribution in [3.8, 4) is 5.75 Å². The first-order valence-corrected chi connectivity index (χ1v) is 10.6. The summed E-state index contributed by atoms with van der Waals surface area (Å²) < 4.78 is 51.4. The van der Waals surface area contributed by atoms with E-state index in [0.29, 0.717) is 28.2 Å². The molecule has 0 saturated heterocycles. The molecule has 0 aromatic heterocycles. The van der Waals surface area contributed by atoms with Crippen LogP contribution in [-0.4, -0.2) is 7.11 Å². The van der Waals surface area contributed by atoms with E-state index in [1.807, 2.05) is 42.5 Å². The molecule has 3 aromatic carbocycles. The van der Waals surface area contributed by atoms with Gasteiger partial charge in [0.1, 0.15) is 15.8 Å². The van der Waals surface area contributed by atoms with Gasteiger partial charge in [-0.15, -0.1) is 0 Å². The van der Waals surface area contributed by atoms with E-state index in [-0.39, 0.29) is 0 Å². The van der Waals surface area contributed by atoms with Crippen LogP contribution < -0.4 is 18.7 Å². The van der Waals surface area contributed by atoms with E-state index in [9.17, 15) is 14.0 Å². The molecule has 1 unspecified atom stereocenters. The van der Waals surface area contributed by atoms with Gasteiger partial charge < -0.3 is 9.47 Å². The van der Waals surface area contributed by atoms with Gasteiger partial charge in [0, 0.05) is 17.2 Å². The normalized spacial score (nSPS) is 18.6. The monoisotopic (exact) mass is 438 g/mol. The predicted octanol–water partition coefficient (Wildman–Crippen LogP) is 1.92. The van der Waals surface area contributed by atoms with E-state index < -0.39 is 16.0 Å². The molecule has 0 bridgehead atoms. The highest BCUT2D eigenvalue weighted by Crippen LogP contribution is 2.43. The van der Waals surface area contributed by atoms with Crippen LogP contribution in [0.4, 0.5) is 0 Å². The van der Waals surface area contributed by atoms with E-state index in [4.69, 9.17) is 13.8 Å². The fourth-order valence-corrected chi connectivity index (χ4v) is 3.79. The van der Waals surface area contributed by atoms with Crippen molar-refractivity contribution in [2.24, 2.45) is 0 Å². The maximum Gasteiger partial charge on any atom is 0.408 e. The molecule has 7 heteroatoms. The molecule has 6 nitrogen and oxygen atoms in total. The summed E-state index contributed by atoms with van der Waals surface area (Å²) in [5.41, 5.74) is 2.44. The highest BCUT2D eigenvalue weighted by Gasteiger charge is 2.51. The van der Waals surface area contributed by atoms with Crippen molar-refractivity contribution in [3.05, 3.63) is 114 Å². The van der Waals surface area contributed by atoms with Gasteiger partial charge in [-0.25, -0.2) is 0 Å². The summed E-state index contributed by atoms with van der Waals surface area (Å²) in [6.07, 6.45) is 3.26. The van der Waals surface area contributed by atoms with Crippen LogP contribution in [0.5, 0.6) is 5.75 Å². The largest absolute Gasteiger partial charge is 0.497 e. The smallest absolute Gasteiger partial charge is 0.408 e. The summed E-state index contributed by atoms with van der Waals surface area (Å²) in [4.78, 5) is 0. The number of hydrogen-bond donors (Lipinski definition) is 0. The fourth-order valence-electron chi connectivity index (χ4n) is 3.34. The van der Waals surface area contributed by atoms with Crippen molar-refractivity contribution in [3.63, 3.8) is 0 Å². The number of ether oxygens (including phenoxy) is 2. The maximum atomic E-state index is 11.7. The van der Waals surface area contributed by atoms with Crippen LogP contribution in [0.2, 0.25) is 0 Å². The van der Waals surface area contributed by atoms with Crippen LogP contribution in [0.1, 0.15) is 16.7 Å². The van der Waals surface area contributed by atoms with Crippen LogP contribution in [0, 0.1) is 10.2 Å². The van der Waals surface area contributed by atoms with Crippen LogP contribution in [-0.2, 0) is 14.8 Å². The van der Waals surface area contributed by atoms with Crippen molar-refractivity contribution >= 4 is 11.3 Å². The number of benzene rings is 3. The lowest BCUT2D eigenvalue weighted by Crippen LogP contribution is -2.64. The van der Waals surface area contributed by atoms with Crippen molar-refractivity contribution < 1.29 is 38.0 Å². The van der Waals surface area contributed by atoms with Gasteiger partial charge in [0.05, 0.1) is 17.4 Å². The Morgan fingerprint density at radius 3 is 1.97 bits per heavy atom. The summed E-state index contributed by atoms with van der Waals surface area (Å²) in [5.74, 6) is -0.940. The minimum Gasteiger partial charge on any atom is -0.497 e. The summed E-state index contributed by atoms with van der Waals surface area (Å²) in [5, 5.41) is 0. The Bertz CT molecular complexity index is 1090. The van der Waals surface area contributed by atoms with Crippen LogP contribution in [0.25, 0.3) is 11.3 Å². The first kappa shape index (κ1) is 21.1. The summed E-state index contributed by atoms with van der Waals surface area (Å²) in [6.45, 7) is 0. The molecule has 1 aliphatic rings. The van der Waals surface area contributed by atoms with Gasteiger partial charge in [0.15, 0.2) is 0 Å². The Hall–Kier alpha value is -3.13. The molecular formula is C24H19ClO6. The molecule has 0 N–H and O–H groups in total. The Morgan fingerprint density at radius 1 is 0.774 bits per heavy atom. The third kappa shape index (κ3) is 4.80. The molecule has 1 atom stereocenters. The molecular weight excluding hydrogens is 420 g/mol. The third-order valence-electron chi connectivity index (χ3n) is 4.76. The lowest BCUT2D eigenvalue weighted by molar-refractivity contribution is -1.92. The molecule has 4 rings (SSSR count). The zero-order valence-electron chi connectivity index (χ0n) is 16.6. The molecule has 0 spiro atoms. The molecule has 31 heavy (non-hydrogen) atoms. The molecule has 158 valence electrons. The second-order valence-corrected chi connectivity index (χ2v) is 7.70. The second-order valence-electron chi connectivity index (χ2n) is 6.79. The Kier molecular flexibility index (Phi) is 5.82. The Balaban J connectivity index is 1.90. The lowest BCUT2D eigenvalue weighted by atomic mass is 9.94. The molecule has 0 fully saturated rings. The van der Waals surface area contributed by atoms with Crippen LogP contribution >= 0.6 is 0 Å². The average molecular weight is 439 g/mol. The van der Waals surface area contributed by atoms with Crippen molar-refractivity contribution in [2.45, 2.75) is 5.79 Å². The zero-order chi connectivity index (χ0) is 21.9. The minimum atomic E-state index is -4.81. The zero-order valence-corrected chi connectivity index (χ0v) is 17.3. The number of rotatable bonds is 6. The van der Waals surface area contributed by atoms with Crippen molar-refractivity contribution in [2.75, 3.05) is 7.11 Å². The van der Waals surface area contributed by atoms with Gasteiger partial charge in [-0.3, -0.25) is 0 Å². The van der Waals surface area contributed by atoms with Gasteiger partial charge in [-0.1, -0.05) is 72.8 Å². The van der Waals surface area contributed by atoms with Crippen LogP contribution in [0.3, 0.4) is 0 Å². The van der Waals surface area contributed by atoms with Gasteiger partial charge in [0.2, 0.25) is 0 Å². The average Bonchev–Trinajstić information content (AvgIpc) is 2.79. The lowest BCUT2D eigenvalue weighted by Gasteiger charge is -2.32. The summed E-state index contributed by atoms with van der Waals surface area (Å²) in [7, 11) is -3.24. The summed E-state index contributed by atoms with van der Waals surface area (Å²) in [6, 6.07) is 24.8. The van der Waals surface area contributed by atoms with E-state index in [1.165, 1.54) is 6.08 Å². The molecule has 1 heterocycles. The molecule has 0 aliphatic carbocycles. The van der Waals surface area contributed by atoms with Gasteiger partial charge in [-0.2, -0.15) is 14.0 Å². The van der Waals surface area contributed by atoms with Crippen LogP contribution in [0.15, 0.2) is 97.1 Å². The maximum absolute atomic E-state index is 11.7. The van der Waals surface area contributed by atoms with Crippen molar-refractivity contribution in [1.82, 2.24) is 0 Å². The van der Waals surface area contributed by atoms with Gasteiger partial charge in [-0.05, 0) is 29.3 Å². The SMILES string of the molecule is COc1ccc(C2=CC(O[Cl+3]([O-])([O-])[O-])(c3ccccc3)OC(c3ccccc3)=C2)cc1. The molecule has 0 amide bonds. The molecule has 0 saturated carbocycles. The third-order valence-corrected chi connectivity index (χ3v) is 5.18. The Morgan fingerprint density at radius 2 is 1.39 bits per heavy atom. The topological polar surface area (TPSA) is 96.9 Å². The van der Waals surface area contributed by atoms with E-state index >= 15 is 0 Å². The quantitative estimate of drug-likeness (QED) is 0.583. The minimum absolute atomic E-state index is 0.356. The second kappa shape index (κ2) is 8.55. The first-order chi connectivity index (χ1) is 14.9. The van der Waals surface area contributed by atoms with Gasteiger partial charge in [0.25, 0.3) is 0 Å². The molecule has 3 aromatic rings. The summed E-state index contributed by atoms with van der Waals surface area (Å²) >= 11 is 0. The van der Waals surface area contributed by atoms with Gasteiger partial charge >= 0.3 is 5.79 Å². The fraction of sp³-hybridized carbons (Fsp3) is 0.0833. The standard InChI is InChI=1S/C24H19ClO6/c1-29-22-14-12-18(13-15-22)20-16-23(19-8-4-2-5-9-19)30-24(17-20,31-25(26,27)28)21-10-6-3-7-11-21/h2-17H,1H3.